The molecule has 138 valence electrons. The molecule has 0 fully saturated rings. The van der Waals surface area contributed by atoms with E-state index >= 15 is 0 Å². The molecule has 0 aliphatic heterocycles. The Hall–Kier alpha value is -2.89. The zero-order chi connectivity index (χ0) is 18.9. The number of rotatable bonds is 8. The standard InChI is InChI=1S/C20H22FNO4/c1-14(2)15-7-9-17(10-8-15)25-13-20(24)26-12-19(23)22-11-16-5-3-4-6-18(16)21/h3-10,14H,11-13H2,1-2H3,(H,22,23). The summed E-state index contributed by atoms with van der Waals surface area (Å²) in [4.78, 5) is 23.3. The van der Waals surface area contributed by atoms with Crippen molar-refractivity contribution in [1.82, 2.24) is 5.32 Å². The highest BCUT2D eigenvalue weighted by molar-refractivity contribution is 5.80. The second-order valence-electron chi connectivity index (χ2n) is 6.04. The maximum atomic E-state index is 13.4. The third kappa shape index (κ3) is 6.20. The minimum atomic E-state index is -0.654. The predicted molar refractivity (Wildman–Crippen MR) is 95.2 cm³/mol. The lowest BCUT2D eigenvalue weighted by atomic mass is 10.0. The molecule has 0 bridgehead atoms. The van der Waals surface area contributed by atoms with Gasteiger partial charge in [0.2, 0.25) is 0 Å². The summed E-state index contributed by atoms with van der Waals surface area (Å²) in [5.41, 5.74) is 1.53. The van der Waals surface area contributed by atoms with Gasteiger partial charge in [-0.1, -0.05) is 44.2 Å². The molecule has 6 heteroatoms. The van der Waals surface area contributed by atoms with E-state index in [0.717, 1.165) is 0 Å². The van der Waals surface area contributed by atoms with E-state index in [1.807, 2.05) is 12.1 Å². The minimum absolute atomic E-state index is 0.0295. The van der Waals surface area contributed by atoms with Gasteiger partial charge in [-0.2, -0.15) is 0 Å². The highest BCUT2D eigenvalue weighted by Gasteiger charge is 2.09. The first kappa shape index (κ1) is 19.4. The Balaban J connectivity index is 1.68. The molecule has 2 aromatic carbocycles. The van der Waals surface area contributed by atoms with Gasteiger partial charge in [0.1, 0.15) is 11.6 Å². The number of nitrogens with one attached hydrogen (secondary N) is 1. The number of ether oxygens (including phenoxy) is 2. The third-order valence-electron chi connectivity index (χ3n) is 3.70. The van der Waals surface area contributed by atoms with Gasteiger partial charge >= 0.3 is 5.97 Å². The van der Waals surface area contributed by atoms with Gasteiger partial charge in [0, 0.05) is 12.1 Å². The zero-order valence-corrected chi connectivity index (χ0v) is 14.8. The monoisotopic (exact) mass is 359 g/mol. The van der Waals surface area contributed by atoms with Crippen LogP contribution in [0.1, 0.15) is 30.9 Å². The Kier molecular flexibility index (Phi) is 7.14. The van der Waals surface area contributed by atoms with E-state index in [1.54, 1.807) is 30.3 Å². The molecule has 0 heterocycles. The van der Waals surface area contributed by atoms with Crippen LogP contribution in [0.15, 0.2) is 48.5 Å². The highest BCUT2D eigenvalue weighted by Crippen LogP contribution is 2.18. The van der Waals surface area contributed by atoms with E-state index in [2.05, 4.69) is 19.2 Å². The van der Waals surface area contributed by atoms with E-state index in [9.17, 15) is 14.0 Å². The molecule has 0 aromatic heterocycles. The molecule has 0 aliphatic rings. The topological polar surface area (TPSA) is 64.6 Å². The van der Waals surface area contributed by atoms with E-state index < -0.39 is 24.3 Å². The van der Waals surface area contributed by atoms with Crippen LogP contribution in [0.25, 0.3) is 0 Å². The number of hydrogen-bond donors (Lipinski definition) is 1. The smallest absolute Gasteiger partial charge is 0.344 e. The van der Waals surface area contributed by atoms with Crippen LogP contribution in [0.4, 0.5) is 4.39 Å². The molecular weight excluding hydrogens is 337 g/mol. The quantitative estimate of drug-likeness (QED) is 0.735. The second kappa shape index (κ2) is 9.56. The fourth-order valence-corrected chi connectivity index (χ4v) is 2.17. The number of esters is 1. The molecule has 2 rings (SSSR count). The largest absolute Gasteiger partial charge is 0.482 e. The van der Waals surface area contributed by atoms with Crippen molar-refractivity contribution in [1.29, 1.82) is 0 Å². The maximum absolute atomic E-state index is 13.4. The van der Waals surface area contributed by atoms with Crippen LogP contribution in [-0.2, 0) is 20.9 Å². The van der Waals surface area contributed by atoms with Crippen LogP contribution in [0, 0.1) is 5.82 Å². The summed E-state index contributed by atoms with van der Waals surface area (Å²) in [5, 5.41) is 2.49. The van der Waals surface area contributed by atoms with Crippen molar-refractivity contribution in [3.8, 4) is 5.75 Å². The van der Waals surface area contributed by atoms with Gasteiger partial charge in [-0.25, -0.2) is 9.18 Å². The lowest BCUT2D eigenvalue weighted by Gasteiger charge is -2.09. The number of amides is 1. The summed E-state index contributed by atoms with van der Waals surface area (Å²) < 4.78 is 23.6. The fourth-order valence-electron chi connectivity index (χ4n) is 2.17. The van der Waals surface area contributed by atoms with Crippen molar-refractivity contribution in [2.24, 2.45) is 0 Å². The molecule has 0 saturated carbocycles. The number of hydrogen-bond acceptors (Lipinski definition) is 4. The summed E-state index contributed by atoms with van der Waals surface area (Å²) >= 11 is 0. The number of halogens is 1. The maximum Gasteiger partial charge on any atom is 0.344 e. The van der Waals surface area contributed by atoms with Crippen molar-refractivity contribution >= 4 is 11.9 Å². The van der Waals surface area contributed by atoms with Gasteiger partial charge < -0.3 is 14.8 Å². The molecule has 0 aliphatic carbocycles. The summed E-state index contributed by atoms with van der Waals surface area (Å²) in [6.07, 6.45) is 0. The lowest BCUT2D eigenvalue weighted by molar-refractivity contribution is -0.150. The SMILES string of the molecule is CC(C)c1ccc(OCC(=O)OCC(=O)NCc2ccccc2F)cc1. The first-order chi connectivity index (χ1) is 12.5. The number of benzene rings is 2. The van der Waals surface area contributed by atoms with Crippen molar-refractivity contribution in [3.05, 3.63) is 65.5 Å². The van der Waals surface area contributed by atoms with Crippen LogP contribution >= 0.6 is 0 Å². The van der Waals surface area contributed by atoms with Crippen LogP contribution in [0.3, 0.4) is 0 Å². The minimum Gasteiger partial charge on any atom is -0.482 e. The van der Waals surface area contributed by atoms with Crippen LogP contribution in [0.2, 0.25) is 0 Å². The van der Waals surface area contributed by atoms with Gasteiger partial charge in [-0.05, 0) is 29.7 Å². The molecule has 0 radical (unpaired) electrons. The third-order valence-corrected chi connectivity index (χ3v) is 3.70. The molecule has 0 unspecified atom stereocenters. The zero-order valence-electron chi connectivity index (χ0n) is 14.8. The molecular formula is C20H22FNO4. The van der Waals surface area contributed by atoms with Crippen LogP contribution in [0.5, 0.6) is 5.75 Å². The Labute approximate surface area is 152 Å². The molecule has 0 saturated heterocycles. The van der Waals surface area contributed by atoms with Crippen molar-refractivity contribution in [3.63, 3.8) is 0 Å². The molecule has 0 atom stereocenters. The van der Waals surface area contributed by atoms with Crippen LogP contribution < -0.4 is 10.1 Å². The first-order valence-electron chi connectivity index (χ1n) is 8.34. The first-order valence-corrected chi connectivity index (χ1v) is 8.34. The van der Waals surface area contributed by atoms with Crippen molar-refractivity contribution in [2.45, 2.75) is 26.3 Å². The van der Waals surface area contributed by atoms with Gasteiger partial charge in [-0.15, -0.1) is 0 Å². The van der Waals surface area contributed by atoms with E-state index in [0.29, 0.717) is 17.2 Å². The predicted octanol–water partition coefficient (Wildman–Crippen LogP) is 3.19. The Bertz CT molecular complexity index is 744. The molecule has 2 aromatic rings. The van der Waals surface area contributed by atoms with Crippen molar-refractivity contribution < 1.29 is 23.5 Å². The molecule has 5 nitrogen and oxygen atoms in total. The Morgan fingerprint density at radius 2 is 1.73 bits per heavy atom. The van der Waals surface area contributed by atoms with Crippen molar-refractivity contribution in [2.75, 3.05) is 13.2 Å². The lowest BCUT2D eigenvalue weighted by Crippen LogP contribution is -2.29. The second-order valence-corrected chi connectivity index (χ2v) is 6.04. The summed E-state index contributed by atoms with van der Waals surface area (Å²) in [7, 11) is 0. The van der Waals surface area contributed by atoms with E-state index in [-0.39, 0.29) is 13.2 Å². The Morgan fingerprint density at radius 3 is 2.38 bits per heavy atom. The number of carbonyl (C=O) groups excluding carboxylic acids is 2. The van der Waals surface area contributed by atoms with Gasteiger partial charge in [0.05, 0.1) is 0 Å². The van der Waals surface area contributed by atoms with E-state index in [1.165, 1.54) is 11.6 Å². The van der Waals surface area contributed by atoms with Gasteiger partial charge in [0.15, 0.2) is 13.2 Å². The fraction of sp³-hybridized carbons (Fsp3) is 0.300. The molecule has 26 heavy (non-hydrogen) atoms. The molecule has 0 spiro atoms. The average molecular weight is 359 g/mol. The van der Waals surface area contributed by atoms with E-state index in [4.69, 9.17) is 9.47 Å². The highest BCUT2D eigenvalue weighted by atomic mass is 19.1. The van der Waals surface area contributed by atoms with Crippen LogP contribution in [-0.4, -0.2) is 25.1 Å². The Morgan fingerprint density at radius 1 is 1.04 bits per heavy atom. The summed E-state index contributed by atoms with van der Waals surface area (Å²) in [6, 6.07) is 13.6. The average Bonchev–Trinajstić information content (AvgIpc) is 2.64. The van der Waals surface area contributed by atoms with Gasteiger partial charge in [0.25, 0.3) is 5.91 Å². The normalized spacial score (nSPS) is 10.5. The summed E-state index contributed by atoms with van der Waals surface area (Å²) in [5.74, 6) is -0.601. The molecule has 1 N–H and O–H groups in total. The van der Waals surface area contributed by atoms with Gasteiger partial charge in [-0.3, -0.25) is 4.79 Å². The summed E-state index contributed by atoms with van der Waals surface area (Å²) in [6.45, 7) is 3.47. The molecule has 1 amide bonds. The number of carbonyl (C=O) groups is 2.